The number of hydrogen-bond donors (Lipinski definition) is 2. The highest BCUT2D eigenvalue weighted by Crippen LogP contribution is 2.08. The third-order valence-corrected chi connectivity index (χ3v) is 2.69. The van der Waals surface area contributed by atoms with Crippen LogP contribution < -0.4 is 10.6 Å². The Morgan fingerprint density at radius 1 is 1.00 bits per heavy atom. The van der Waals surface area contributed by atoms with Gasteiger partial charge < -0.3 is 15.4 Å². The molecule has 0 fully saturated rings. The van der Waals surface area contributed by atoms with E-state index in [1.165, 1.54) is 0 Å². The lowest BCUT2D eigenvalue weighted by Crippen LogP contribution is -2.48. The van der Waals surface area contributed by atoms with Crippen LogP contribution in [-0.2, 0) is 9.53 Å². The second-order valence-electron chi connectivity index (χ2n) is 6.75. The highest BCUT2D eigenvalue weighted by Gasteiger charge is 2.21. The second kappa shape index (κ2) is 8.12. The Kier molecular flexibility index (Phi) is 7.61. The van der Waals surface area contributed by atoms with Crippen LogP contribution in [0.3, 0.4) is 0 Å². The molecule has 0 radical (unpaired) electrons. The third-order valence-electron chi connectivity index (χ3n) is 2.69. The number of nitrogens with one attached hydrogen (secondary N) is 2. The molecule has 2 N–H and O–H groups in total. The predicted molar refractivity (Wildman–Crippen MR) is 80.5 cm³/mol. The van der Waals surface area contributed by atoms with E-state index in [0.717, 1.165) is 12.8 Å². The fraction of sp³-hybridized carbons (Fsp3) is 0.867. The lowest BCUT2D eigenvalue weighted by molar-refractivity contribution is -0.123. The van der Waals surface area contributed by atoms with Gasteiger partial charge in [0.15, 0.2) is 0 Å². The monoisotopic (exact) mass is 286 g/mol. The summed E-state index contributed by atoms with van der Waals surface area (Å²) >= 11 is 0. The fourth-order valence-electron chi connectivity index (χ4n) is 1.57. The zero-order valence-corrected chi connectivity index (χ0v) is 13.9. The van der Waals surface area contributed by atoms with Crippen molar-refractivity contribution in [2.75, 3.05) is 0 Å². The number of ether oxygens (including phenoxy) is 1. The quantitative estimate of drug-likeness (QED) is 0.789. The van der Waals surface area contributed by atoms with Crippen LogP contribution in [0.2, 0.25) is 0 Å². The van der Waals surface area contributed by atoms with Crippen molar-refractivity contribution >= 4 is 12.0 Å². The summed E-state index contributed by atoms with van der Waals surface area (Å²) in [5.41, 5.74) is -0.565. The zero-order valence-electron chi connectivity index (χ0n) is 13.9. The summed E-state index contributed by atoms with van der Waals surface area (Å²) in [4.78, 5) is 23.5. The first kappa shape index (κ1) is 18.7. The topological polar surface area (TPSA) is 67.4 Å². The Morgan fingerprint density at radius 3 is 2.00 bits per heavy atom. The molecule has 0 aromatic rings. The maximum atomic E-state index is 11.9. The Hall–Kier alpha value is -1.26. The number of carbonyl (C=O) groups excluding carboxylic acids is 2. The first-order valence-electron chi connectivity index (χ1n) is 7.31. The van der Waals surface area contributed by atoms with E-state index in [-0.39, 0.29) is 11.9 Å². The van der Waals surface area contributed by atoms with E-state index in [9.17, 15) is 9.59 Å². The van der Waals surface area contributed by atoms with E-state index in [4.69, 9.17) is 4.74 Å². The number of rotatable bonds is 6. The van der Waals surface area contributed by atoms with Crippen LogP contribution in [-0.4, -0.2) is 29.7 Å². The molecule has 0 aliphatic carbocycles. The molecule has 2 atom stereocenters. The number of hydrogen-bond acceptors (Lipinski definition) is 3. The van der Waals surface area contributed by atoms with Crippen molar-refractivity contribution in [2.45, 2.75) is 79.0 Å². The van der Waals surface area contributed by atoms with Crippen LogP contribution in [0.1, 0.15) is 61.3 Å². The van der Waals surface area contributed by atoms with Crippen molar-refractivity contribution in [3.8, 4) is 0 Å². The molecule has 118 valence electrons. The van der Waals surface area contributed by atoms with Gasteiger partial charge in [-0.1, -0.05) is 13.8 Å². The van der Waals surface area contributed by atoms with Gasteiger partial charge in [0, 0.05) is 6.04 Å². The molecule has 0 spiro atoms. The van der Waals surface area contributed by atoms with Crippen LogP contribution in [0, 0.1) is 5.92 Å². The molecular formula is C15H30N2O3. The molecule has 0 aromatic heterocycles. The van der Waals surface area contributed by atoms with Crippen molar-refractivity contribution < 1.29 is 14.3 Å². The molecule has 2 amide bonds. The van der Waals surface area contributed by atoms with Gasteiger partial charge in [0.2, 0.25) is 5.91 Å². The fourth-order valence-corrected chi connectivity index (χ4v) is 1.57. The van der Waals surface area contributed by atoms with Gasteiger partial charge in [-0.15, -0.1) is 0 Å². The average molecular weight is 286 g/mol. The standard InChI is InChI=1S/C15H30N2O3/c1-10(2)8-9-11(3)16-13(18)12(4)17-14(19)20-15(5,6)7/h10-12H,8-9H2,1-7H3,(H,16,18)(H,17,19). The summed E-state index contributed by atoms with van der Waals surface area (Å²) in [6, 6.07) is -0.501. The van der Waals surface area contributed by atoms with Gasteiger partial charge in [-0.05, 0) is 53.4 Å². The van der Waals surface area contributed by atoms with E-state index in [1.54, 1.807) is 27.7 Å². The molecule has 0 aliphatic heterocycles. The first-order chi connectivity index (χ1) is 9.01. The summed E-state index contributed by atoms with van der Waals surface area (Å²) < 4.78 is 5.11. The van der Waals surface area contributed by atoms with Crippen molar-refractivity contribution in [1.29, 1.82) is 0 Å². The number of amides is 2. The average Bonchev–Trinajstić information content (AvgIpc) is 2.23. The SMILES string of the molecule is CC(C)CCC(C)NC(=O)C(C)NC(=O)OC(C)(C)C. The molecular weight excluding hydrogens is 256 g/mol. The van der Waals surface area contributed by atoms with E-state index < -0.39 is 17.7 Å². The molecule has 5 heteroatoms. The summed E-state index contributed by atoms with van der Waals surface area (Å²) in [6.45, 7) is 13.3. The minimum atomic E-state index is -0.605. The smallest absolute Gasteiger partial charge is 0.408 e. The van der Waals surface area contributed by atoms with Crippen molar-refractivity contribution in [3.63, 3.8) is 0 Å². The molecule has 0 saturated heterocycles. The summed E-state index contributed by atoms with van der Waals surface area (Å²) in [5, 5.41) is 5.43. The molecule has 0 saturated carbocycles. The largest absolute Gasteiger partial charge is 0.444 e. The summed E-state index contributed by atoms with van der Waals surface area (Å²) in [6.07, 6.45) is 1.42. The van der Waals surface area contributed by atoms with Gasteiger partial charge in [-0.2, -0.15) is 0 Å². The van der Waals surface area contributed by atoms with E-state index in [1.807, 2.05) is 6.92 Å². The molecule has 0 aliphatic rings. The molecule has 20 heavy (non-hydrogen) atoms. The Labute approximate surface area is 122 Å². The van der Waals surface area contributed by atoms with E-state index >= 15 is 0 Å². The maximum absolute atomic E-state index is 11.9. The van der Waals surface area contributed by atoms with Crippen molar-refractivity contribution in [2.24, 2.45) is 5.92 Å². The highest BCUT2D eigenvalue weighted by molar-refractivity contribution is 5.85. The Bertz CT molecular complexity index is 322. The second-order valence-corrected chi connectivity index (χ2v) is 6.75. The molecule has 0 heterocycles. The predicted octanol–water partition coefficient (Wildman–Crippen LogP) is 2.84. The van der Waals surface area contributed by atoms with Gasteiger partial charge in [0.05, 0.1) is 0 Å². The minimum absolute atomic E-state index is 0.104. The van der Waals surface area contributed by atoms with Gasteiger partial charge in [-0.3, -0.25) is 4.79 Å². The minimum Gasteiger partial charge on any atom is -0.444 e. The lowest BCUT2D eigenvalue weighted by atomic mass is 10.0. The van der Waals surface area contributed by atoms with Crippen molar-refractivity contribution in [1.82, 2.24) is 10.6 Å². The lowest BCUT2D eigenvalue weighted by Gasteiger charge is -2.22. The Balaban J connectivity index is 4.12. The summed E-state index contributed by atoms with van der Waals surface area (Å²) in [5.74, 6) is 0.429. The van der Waals surface area contributed by atoms with E-state index in [2.05, 4.69) is 24.5 Å². The highest BCUT2D eigenvalue weighted by atomic mass is 16.6. The zero-order chi connectivity index (χ0) is 15.9. The van der Waals surface area contributed by atoms with Crippen LogP contribution in [0.15, 0.2) is 0 Å². The molecule has 5 nitrogen and oxygen atoms in total. The van der Waals surface area contributed by atoms with Crippen molar-refractivity contribution in [3.05, 3.63) is 0 Å². The normalized spacial score (nSPS) is 14.6. The van der Waals surface area contributed by atoms with Gasteiger partial charge in [0.1, 0.15) is 11.6 Å². The van der Waals surface area contributed by atoms with Gasteiger partial charge >= 0.3 is 6.09 Å². The summed E-state index contributed by atoms with van der Waals surface area (Å²) in [7, 11) is 0. The number of alkyl carbamates (subject to hydrolysis) is 1. The Morgan fingerprint density at radius 2 is 1.55 bits per heavy atom. The van der Waals surface area contributed by atoms with Crippen LogP contribution in [0.25, 0.3) is 0 Å². The van der Waals surface area contributed by atoms with Crippen LogP contribution >= 0.6 is 0 Å². The van der Waals surface area contributed by atoms with Gasteiger partial charge in [-0.25, -0.2) is 4.79 Å². The molecule has 0 aromatic carbocycles. The number of carbonyl (C=O) groups is 2. The van der Waals surface area contributed by atoms with Crippen LogP contribution in [0.5, 0.6) is 0 Å². The third kappa shape index (κ3) is 9.64. The van der Waals surface area contributed by atoms with Gasteiger partial charge in [0.25, 0.3) is 0 Å². The molecule has 0 bridgehead atoms. The van der Waals surface area contributed by atoms with E-state index in [0.29, 0.717) is 5.92 Å². The maximum Gasteiger partial charge on any atom is 0.408 e. The first-order valence-corrected chi connectivity index (χ1v) is 7.31. The van der Waals surface area contributed by atoms with Crippen LogP contribution in [0.4, 0.5) is 4.79 Å². The molecule has 0 rings (SSSR count). The molecule has 2 unspecified atom stereocenters.